The average molecular weight is 261 g/mol. The topological polar surface area (TPSA) is 29.9 Å². The Morgan fingerprint density at radius 1 is 1.37 bits per heavy atom. The van der Waals surface area contributed by atoms with Gasteiger partial charge in [-0.3, -0.25) is 4.68 Å². The highest BCUT2D eigenvalue weighted by Crippen LogP contribution is 2.25. The number of nitrogens with one attached hydrogen (secondary N) is 1. The molecule has 0 spiro atoms. The molecule has 1 unspecified atom stereocenters. The van der Waals surface area contributed by atoms with Crippen molar-refractivity contribution in [3.63, 3.8) is 0 Å². The smallest absolute Gasteiger partial charge is 0.132 e. The van der Waals surface area contributed by atoms with E-state index in [-0.39, 0.29) is 11.9 Å². The summed E-state index contributed by atoms with van der Waals surface area (Å²) in [5.74, 6) is -0.213. The molecule has 19 heavy (non-hydrogen) atoms. The van der Waals surface area contributed by atoms with Crippen molar-refractivity contribution < 1.29 is 4.39 Å². The molecule has 1 N–H and O–H groups in total. The molecular weight excluding hydrogens is 241 g/mol. The number of hydrogen-bond acceptors (Lipinski definition) is 2. The molecule has 1 heterocycles. The first-order valence-corrected chi connectivity index (χ1v) is 6.64. The van der Waals surface area contributed by atoms with Gasteiger partial charge in [0, 0.05) is 24.8 Å². The third kappa shape index (κ3) is 3.01. The van der Waals surface area contributed by atoms with Crippen LogP contribution in [0, 0.1) is 5.82 Å². The summed E-state index contributed by atoms with van der Waals surface area (Å²) in [6.45, 7) is 5.18. The molecule has 0 radical (unpaired) electrons. The number of aryl methyl sites for hydroxylation is 1. The van der Waals surface area contributed by atoms with Gasteiger partial charge in [0.05, 0.1) is 5.69 Å². The first-order chi connectivity index (χ1) is 9.13. The molecule has 4 heteroatoms. The third-order valence-corrected chi connectivity index (χ3v) is 3.29. The van der Waals surface area contributed by atoms with Crippen LogP contribution in [0.5, 0.6) is 0 Å². The van der Waals surface area contributed by atoms with E-state index in [9.17, 15) is 4.39 Å². The van der Waals surface area contributed by atoms with E-state index in [1.165, 1.54) is 6.07 Å². The summed E-state index contributed by atoms with van der Waals surface area (Å²) in [6, 6.07) is 7.31. The minimum Gasteiger partial charge on any atom is -0.310 e. The number of rotatable bonds is 5. The van der Waals surface area contributed by atoms with E-state index in [1.807, 2.05) is 25.2 Å². The molecule has 3 nitrogen and oxygen atoms in total. The predicted octanol–water partition coefficient (Wildman–Crippen LogP) is 3.29. The Labute approximate surface area is 113 Å². The predicted molar refractivity (Wildman–Crippen MR) is 75.3 cm³/mol. The molecular formula is C15H20FN3. The van der Waals surface area contributed by atoms with Crippen molar-refractivity contribution in [1.29, 1.82) is 0 Å². The van der Waals surface area contributed by atoms with Crippen LogP contribution in [-0.2, 0) is 7.05 Å². The Morgan fingerprint density at radius 3 is 2.79 bits per heavy atom. The van der Waals surface area contributed by atoms with E-state index in [0.717, 1.165) is 24.2 Å². The van der Waals surface area contributed by atoms with Crippen LogP contribution in [0.25, 0.3) is 11.3 Å². The zero-order valence-electron chi connectivity index (χ0n) is 11.7. The van der Waals surface area contributed by atoms with Gasteiger partial charge < -0.3 is 5.32 Å². The van der Waals surface area contributed by atoms with Crippen molar-refractivity contribution >= 4 is 0 Å². The largest absolute Gasteiger partial charge is 0.310 e. The second-order valence-corrected chi connectivity index (χ2v) is 4.76. The van der Waals surface area contributed by atoms with Crippen LogP contribution in [0.1, 0.15) is 31.9 Å². The van der Waals surface area contributed by atoms with E-state index in [0.29, 0.717) is 5.56 Å². The van der Waals surface area contributed by atoms with E-state index in [2.05, 4.69) is 24.3 Å². The minimum absolute atomic E-state index is 0.213. The molecule has 0 aliphatic heterocycles. The third-order valence-electron chi connectivity index (χ3n) is 3.29. The molecule has 102 valence electrons. The average Bonchev–Trinajstić information content (AvgIpc) is 2.82. The van der Waals surface area contributed by atoms with Gasteiger partial charge in [-0.25, -0.2) is 4.39 Å². The van der Waals surface area contributed by atoms with E-state index >= 15 is 0 Å². The van der Waals surface area contributed by atoms with Crippen molar-refractivity contribution in [2.75, 3.05) is 6.54 Å². The Bertz CT molecular complexity index is 548. The van der Waals surface area contributed by atoms with E-state index in [4.69, 9.17) is 0 Å². The number of hydrogen-bond donors (Lipinski definition) is 1. The summed E-state index contributed by atoms with van der Waals surface area (Å²) >= 11 is 0. The van der Waals surface area contributed by atoms with Crippen molar-refractivity contribution in [2.24, 2.45) is 7.05 Å². The highest BCUT2D eigenvalue weighted by Gasteiger charge is 2.12. The van der Waals surface area contributed by atoms with Crippen molar-refractivity contribution in [3.05, 3.63) is 41.8 Å². The molecule has 0 aliphatic rings. The zero-order valence-corrected chi connectivity index (χ0v) is 11.7. The SMILES string of the molecule is CCCNC(C)c1ccc(F)c(-c2ccnn2C)c1. The van der Waals surface area contributed by atoms with Gasteiger partial charge in [-0.2, -0.15) is 5.10 Å². The lowest BCUT2D eigenvalue weighted by atomic mass is 10.0. The summed E-state index contributed by atoms with van der Waals surface area (Å²) in [4.78, 5) is 0. The first kappa shape index (κ1) is 13.7. The van der Waals surface area contributed by atoms with Gasteiger partial charge in [-0.05, 0) is 43.7 Å². The fraction of sp³-hybridized carbons (Fsp3) is 0.400. The van der Waals surface area contributed by atoms with Gasteiger partial charge in [0.25, 0.3) is 0 Å². The van der Waals surface area contributed by atoms with Crippen LogP contribution in [0.15, 0.2) is 30.5 Å². The number of aromatic nitrogens is 2. The highest BCUT2D eigenvalue weighted by molar-refractivity contribution is 5.61. The maximum atomic E-state index is 14.0. The van der Waals surface area contributed by atoms with Crippen LogP contribution < -0.4 is 5.32 Å². The Kier molecular flexibility index (Phi) is 4.32. The van der Waals surface area contributed by atoms with Crippen LogP contribution >= 0.6 is 0 Å². The van der Waals surface area contributed by atoms with Crippen molar-refractivity contribution in [3.8, 4) is 11.3 Å². The Hall–Kier alpha value is -1.68. The monoisotopic (exact) mass is 261 g/mol. The fourth-order valence-corrected chi connectivity index (χ4v) is 2.13. The van der Waals surface area contributed by atoms with Gasteiger partial charge in [0.2, 0.25) is 0 Å². The molecule has 0 amide bonds. The summed E-state index contributed by atoms with van der Waals surface area (Å²) in [5, 5.41) is 7.50. The zero-order chi connectivity index (χ0) is 13.8. The lowest BCUT2D eigenvalue weighted by Gasteiger charge is -2.15. The summed E-state index contributed by atoms with van der Waals surface area (Å²) < 4.78 is 15.7. The van der Waals surface area contributed by atoms with Gasteiger partial charge in [-0.1, -0.05) is 13.0 Å². The quantitative estimate of drug-likeness (QED) is 0.895. The molecule has 0 saturated carbocycles. The number of nitrogens with zero attached hydrogens (tertiary/aromatic N) is 2. The summed E-state index contributed by atoms with van der Waals surface area (Å²) in [6.07, 6.45) is 2.76. The summed E-state index contributed by atoms with van der Waals surface area (Å²) in [5.41, 5.74) is 2.48. The van der Waals surface area contributed by atoms with E-state index < -0.39 is 0 Å². The van der Waals surface area contributed by atoms with Gasteiger partial charge >= 0.3 is 0 Å². The van der Waals surface area contributed by atoms with Crippen molar-refractivity contribution in [2.45, 2.75) is 26.3 Å². The standard InChI is InChI=1S/C15H20FN3/c1-4-8-17-11(2)12-5-6-14(16)13(10-12)15-7-9-18-19(15)3/h5-7,9-11,17H,4,8H2,1-3H3. The number of halogens is 1. The lowest BCUT2D eigenvalue weighted by molar-refractivity contribution is 0.568. The normalized spacial score (nSPS) is 12.6. The Balaban J connectivity index is 2.32. The minimum atomic E-state index is -0.213. The molecule has 0 saturated heterocycles. The second-order valence-electron chi connectivity index (χ2n) is 4.76. The highest BCUT2D eigenvalue weighted by atomic mass is 19.1. The number of benzene rings is 1. The molecule has 2 rings (SSSR count). The maximum Gasteiger partial charge on any atom is 0.132 e. The van der Waals surface area contributed by atoms with Gasteiger partial charge in [0.1, 0.15) is 5.82 Å². The fourth-order valence-electron chi connectivity index (χ4n) is 2.13. The maximum absolute atomic E-state index is 14.0. The molecule has 2 aromatic rings. The van der Waals surface area contributed by atoms with Crippen LogP contribution in [0.3, 0.4) is 0 Å². The molecule has 1 aromatic carbocycles. The van der Waals surface area contributed by atoms with Gasteiger partial charge in [-0.15, -0.1) is 0 Å². The van der Waals surface area contributed by atoms with Crippen LogP contribution in [0.2, 0.25) is 0 Å². The summed E-state index contributed by atoms with van der Waals surface area (Å²) in [7, 11) is 1.82. The van der Waals surface area contributed by atoms with Crippen LogP contribution in [-0.4, -0.2) is 16.3 Å². The molecule has 1 atom stereocenters. The second kappa shape index (κ2) is 5.97. The van der Waals surface area contributed by atoms with E-state index in [1.54, 1.807) is 10.9 Å². The van der Waals surface area contributed by atoms with Gasteiger partial charge in [0.15, 0.2) is 0 Å². The van der Waals surface area contributed by atoms with Crippen molar-refractivity contribution in [1.82, 2.24) is 15.1 Å². The molecule has 0 aliphatic carbocycles. The first-order valence-electron chi connectivity index (χ1n) is 6.64. The molecule has 0 bridgehead atoms. The molecule has 0 fully saturated rings. The Morgan fingerprint density at radius 2 is 2.16 bits per heavy atom. The van der Waals surface area contributed by atoms with Crippen LogP contribution in [0.4, 0.5) is 4.39 Å². The molecule has 1 aromatic heterocycles. The lowest BCUT2D eigenvalue weighted by Crippen LogP contribution is -2.19.